The van der Waals surface area contributed by atoms with Crippen molar-refractivity contribution >= 4 is 16.6 Å². The van der Waals surface area contributed by atoms with E-state index >= 15 is 0 Å². The summed E-state index contributed by atoms with van der Waals surface area (Å²) in [7, 11) is 0. The van der Waals surface area contributed by atoms with E-state index in [9.17, 15) is 0 Å². The van der Waals surface area contributed by atoms with Crippen LogP contribution in [0.1, 0.15) is 32.9 Å². The Kier molecular flexibility index (Phi) is 3.85. The zero-order chi connectivity index (χ0) is 15.0. The highest BCUT2D eigenvalue weighted by molar-refractivity contribution is 5.92. The van der Waals surface area contributed by atoms with E-state index in [0.717, 1.165) is 23.7 Å². The maximum atomic E-state index is 5.85. The Bertz CT molecular complexity index is 637. The van der Waals surface area contributed by atoms with Crippen LogP contribution < -0.4 is 10.6 Å². The fraction of sp³-hybridized carbons (Fsp3) is 0.500. The van der Waals surface area contributed by atoms with Gasteiger partial charge in [0, 0.05) is 30.2 Å². The van der Waals surface area contributed by atoms with Gasteiger partial charge in [-0.25, -0.2) is 0 Å². The van der Waals surface area contributed by atoms with Crippen molar-refractivity contribution < 1.29 is 0 Å². The fourth-order valence-electron chi connectivity index (χ4n) is 3.59. The molecule has 0 radical (unpaired) electrons. The number of nitrogens with two attached hydrogens (primary N) is 1. The number of pyridine rings is 1. The fourth-order valence-corrected chi connectivity index (χ4v) is 3.59. The van der Waals surface area contributed by atoms with Gasteiger partial charge in [0.05, 0.1) is 11.2 Å². The largest absolute Gasteiger partial charge is 0.368 e. The average Bonchev–Trinajstić information content (AvgIpc) is 2.49. The summed E-state index contributed by atoms with van der Waals surface area (Å²) in [6.45, 7) is 8.66. The quantitative estimate of drug-likeness (QED) is 0.916. The van der Waals surface area contributed by atoms with Gasteiger partial charge in [-0.2, -0.15) is 0 Å². The molecule has 1 fully saturated rings. The van der Waals surface area contributed by atoms with Crippen LogP contribution in [0.4, 0.5) is 5.69 Å². The van der Waals surface area contributed by atoms with E-state index in [0.29, 0.717) is 18.5 Å². The van der Waals surface area contributed by atoms with Crippen LogP contribution in [0.25, 0.3) is 10.9 Å². The Morgan fingerprint density at radius 1 is 1.24 bits per heavy atom. The molecule has 0 bridgehead atoms. The van der Waals surface area contributed by atoms with Gasteiger partial charge in [0.15, 0.2) is 0 Å². The van der Waals surface area contributed by atoms with Gasteiger partial charge >= 0.3 is 0 Å². The summed E-state index contributed by atoms with van der Waals surface area (Å²) in [4.78, 5) is 7.22. The summed E-state index contributed by atoms with van der Waals surface area (Å²) in [6, 6.07) is 11.1. The molecule has 2 heterocycles. The highest BCUT2D eigenvalue weighted by atomic mass is 15.2. The van der Waals surface area contributed by atoms with Crippen molar-refractivity contribution in [2.75, 3.05) is 11.4 Å². The maximum absolute atomic E-state index is 5.85. The molecule has 2 N–H and O–H groups in total. The number of para-hydroxylation sites is 1. The van der Waals surface area contributed by atoms with Gasteiger partial charge < -0.3 is 10.6 Å². The highest BCUT2D eigenvalue weighted by Crippen LogP contribution is 2.35. The molecule has 112 valence electrons. The van der Waals surface area contributed by atoms with Crippen LogP contribution in [0.5, 0.6) is 0 Å². The molecular formula is C18H25N3. The molecule has 0 amide bonds. The van der Waals surface area contributed by atoms with Gasteiger partial charge in [0.2, 0.25) is 0 Å². The van der Waals surface area contributed by atoms with Crippen LogP contribution in [0.15, 0.2) is 30.3 Å². The number of rotatable bonds is 2. The third-order valence-electron chi connectivity index (χ3n) is 4.86. The number of aromatic nitrogens is 1. The summed E-state index contributed by atoms with van der Waals surface area (Å²) in [6.07, 6.45) is 1.31. The molecule has 0 aliphatic carbocycles. The SMILES string of the molecule is CC1CC(C)C(C)N(c2cc(CN)nc3ccccc23)C1. The van der Waals surface area contributed by atoms with E-state index in [1.165, 1.54) is 17.5 Å². The molecule has 3 atom stereocenters. The smallest absolute Gasteiger partial charge is 0.0726 e. The maximum Gasteiger partial charge on any atom is 0.0726 e. The molecule has 0 saturated carbocycles. The van der Waals surface area contributed by atoms with E-state index in [4.69, 9.17) is 5.73 Å². The van der Waals surface area contributed by atoms with Gasteiger partial charge in [0.1, 0.15) is 0 Å². The van der Waals surface area contributed by atoms with Crippen LogP contribution >= 0.6 is 0 Å². The first-order chi connectivity index (χ1) is 10.1. The van der Waals surface area contributed by atoms with E-state index in [1.807, 2.05) is 6.07 Å². The number of fused-ring (bicyclic) bond motifs is 1. The lowest BCUT2D eigenvalue weighted by atomic mass is 9.85. The molecule has 1 aliphatic rings. The Labute approximate surface area is 127 Å². The van der Waals surface area contributed by atoms with Gasteiger partial charge in [-0.1, -0.05) is 32.0 Å². The molecule has 2 aromatic rings. The molecule has 1 aromatic heterocycles. The second kappa shape index (κ2) is 5.64. The normalized spacial score (nSPS) is 26.3. The monoisotopic (exact) mass is 283 g/mol. The van der Waals surface area contributed by atoms with E-state index in [-0.39, 0.29) is 0 Å². The lowest BCUT2D eigenvalue weighted by Gasteiger charge is -2.43. The zero-order valence-electron chi connectivity index (χ0n) is 13.2. The van der Waals surface area contributed by atoms with Crippen molar-refractivity contribution in [3.8, 4) is 0 Å². The molecule has 1 aromatic carbocycles. The molecule has 1 aliphatic heterocycles. The van der Waals surface area contributed by atoms with Crippen molar-refractivity contribution in [2.24, 2.45) is 17.6 Å². The first-order valence-corrected chi connectivity index (χ1v) is 7.95. The molecular weight excluding hydrogens is 258 g/mol. The van der Waals surface area contributed by atoms with Gasteiger partial charge in [-0.3, -0.25) is 4.98 Å². The minimum atomic E-state index is 0.491. The Hall–Kier alpha value is -1.61. The second-order valence-corrected chi connectivity index (χ2v) is 6.57. The standard InChI is InChI=1S/C18H25N3/c1-12-8-13(2)14(3)21(11-12)18-9-15(10-19)20-17-7-5-4-6-16(17)18/h4-7,9,12-14H,8,10-11,19H2,1-3H3. The number of hydrogen-bond donors (Lipinski definition) is 1. The second-order valence-electron chi connectivity index (χ2n) is 6.57. The molecule has 0 spiro atoms. The van der Waals surface area contributed by atoms with E-state index < -0.39 is 0 Å². The number of hydrogen-bond acceptors (Lipinski definition) is 3. The predicted octanol–water partition coefficient (Wildman–Crippen LogP) is 3.56. The molecule has 3 unspecified atom stereocenters. The predicted molar refractivity (Wildman–Crippen MR) is 89.4 cm³/mol. The van der Waals surface area contributed by atoms with E-state index in [2.05, 4.69) is 54.9 Å². The summed E-state index contributed by atoms with van der Waals surface area (Å²) in [5.41, 5.74) is 9.17. The van der Waals surface area contributed by atoms with Crippen LogP contribution in [0.3, 0.4) is 0 Å². The minimum absolute atomic E-state index is 0.491. The van der Waals surface area contributed by atoms with Crippen LogP contribution in [-0.4, -0.2) is 17.6 Å². The van der Waals surface area contributed by atoms with Gasteiger partial charge in [0.25, 0.3) is 0 Å². The summed E-state index contributed by atoms with van der Waals surface area (Å²) in [5.74, 6) is 1.44. The Balaban J connectivity index is 2.13. The molecule has 1 saturated heterocycles. The third kappa shape index (κ3) is 2.62. The van der Waals surface area contributed by atoms with Crippen molar-refractivity contribution in [3.05, 3.63) is 36.0 Å². The highest BCUT2D eigenvalue weighted by Gasteiger charge is 2.30. The van der Waals surface area contributed by atoms with Crippen molar-refractivity contribution in [1.82, 2.24) is 4.98 Å². The van der Waals surface area contributed by atoms with Crippen LogP contribution in [-0.2, 0) is 6.54 Å². The van der Waals surface area contributed by atoms with Gasteiger partial charge in [-0.05, 0) is 37.3 Å². The lowest BCUT2D eigenvalue weighted by molar-refractivity contribution is 0.297. The lowest BCUT2D eigenvalue weighted by Crippen LogP contribution is -2.46. The summed E-state index contributed by atoms with van der Waals surface area (Å²) >= 11 is 0. The first-order valence-electron chi connectivity index (χ1n) is 7.95. The third-order valence-corrected chi connectivity index (χ3v) is 4.86. The molecule has 21 heavy (non-hydrogen) atoms. The first kappa shape index (κ1) is 14.3. The van der Waals surface area contributed by atoms with Crippen molar-refractivity contribution in [1.29, 1.82) is 0 Å². The molecule has 3 heteroatoms. The zero-order valence-corrected chi connectivity index (χ0v) is 13.2. The van der Waals surface area contributed by atoms with Crippen LogP contribution in [0.2, 0.25) is 0 Å². The minimum Gasteiger partial charge on any atom is -0.368 e. The summed E-state index contributed by atoms with van der Waals surface area (Å²) in [5, 5.41) is 1.24. The van der Waals surface area contributed by atoms with Crippen molar-refractivity contribution in [3.63, 3.8) is 0 Å². The number of benzene rings is 1. The van der Waals surface area contributed by atoms with Gasteiger partial charge in [-0.15, -0.1) is 0 Å². The number of piperidine rings is 1. The summed E-state index contributed by atoms with van der Waals surface area (Å²) < 4.78 is 0. The van der Waals surface area contributed by atoms with Crippen molar-refractivity contribution in [2.45, 2.75) is 39.8 Å². The Morgan fingerprint density at radius 3 is 2.76 bits per heavy atom. The Morgan fingerprint density at radius 2 is 2.00 bits per heavy atom. The van der Waals surface area contributed by atoms with Crippen LogP contribution in [0, 0.1) is 11.8 Å². The number of anilines is 1. The van der Waals surface area contributed by atoms with E-state index in [1.54, 1.807) is 0 Å². The topological polar surface area (TPSA) is 42.1 Å². The molecule has 3 rings (SSSR count). The molecule has 3 nitrogen and oxygen atoms in total. The number of nitrogens with zero attached hydrogens (tertiary/aromatic N) is 2. The average molecular weight is 283 g/mol.